The fraction of sp³-hybridized carbons (Fsp3) is 0.820. The number of allylic oxidation sites excluding steroid dienone is 8. The molecule has 2 unspecified atom stereocenters. The highest BCUT2D eigenvalue weighted by Gasteiger charge is 2.20. The van der Waals surface area contributed by atoms with Crippen LogP contribution in [0.25, 0.3) is 0 Å². The van der Waals surface area contributed by atoms with E-state index in [1.165, 1.54) is 116 Å². The molecule has 59 heavy (non-hydrogen) atoms. The number of likely N-dealkylation sites (N-methyl/N-ethyl adjacent to an activating group) is 1. The third-order valence-electron chi connectivity index (χ3n) is 10.4. The van der Waals surface area contributed by atoms with Crippen molar-refractivity contribution in [1.82, 2.24) is 0 Å². The molecule has 0 aromatic carbocycles. The van der Waals surface area contributed by atoms with E-state index in [4.69, 9.17) is 18.5 Å². The van der Waals surface area contributed by atoms with E-state index >= 15 is 0 Å². The first-order chi connectivity index (χ1) is 28.6. The molecule has 0 spiro atoms. The molecule has 0 saturated heterocycles. The van der Waals surface area contributed by atoms with Crippen LogP contribution in [-0.2, 0) is 27.9 Å². The topological polar surface area (TPSA) is 94.1 Å². The van der Waals surface area contributed by atoms with Crippen LogP contribution in [-0.4, -0.2) is 70.7 Å². The Balaban J connectivity index is 4.15. The summed E-state index contributed by atoms with van der Waals surface area (Å²) >= 11 is 0. The first-order valence-electron chi connectivity index (χ1n) is 24.4. The Morgan fingerprint density at radius 3 is 1.49 bits per heavy atom. The van der Waals surface area contributed by atoms with Crippen molar-refractivity contribution in [3.63, 3.8) is 0 Å². The maximum Gasteiger partial charge on any atom is 0.306 e. The largest absolute Gasteiger partial charge is 0.756 e. The molecular formula is C50H94NO7P. The minimum Gasteiger partial charge on any atom is -0.756 e. The number of unbranched alkanes of at least 4 members (excludes halogenated alkanes) is 23. The van der Waals surface area contributed by atoms with Gasteiger partial charge in [-0.3, -0.25) is 9.36 Å². The number of nitrogens with zero attached hydrogens (tertiary/aromatic N) is 1. The molecule has 0 rings (SSSR count). The molecular weight excluding hydrogens is 758 g/mol. The molecule has 0 radical (unpaired) electrons. The number of ether oxygens (including phenoxy) is 2. The SMILES string of the molecule is CC/C=C\C/C=C\C/C=C\CCCCCCCC(=O)OC(COCCCCCCCCCCCC/C=C\CCCCCCCCCC)COP(=O)([O-])OCC[N+](C)(C)C. The highest BCUT2D eigenvalue weighted by molar-refractivity contribution is 7.45. The smallest absolute Gasteiger partial charge is 0.306 e. The van der Waals surface area contributed by atoms with Crippen molar-refractivity contribution in [1.29, 1.82) is 0 Å². The number of phosphoric acid groups is 1. The lowest BCUT2D eigenvalue weighted by atomic mass is 10.1. The quantitative estimate of drug-likeness (QED) is 0.0198. The number of carbonyl (C=O) groups excluding carboxylic acids is 1. The number of phosphoric ester groups is 1. The summed E-state index contributed by atoms with van der Waals surface area (Å²) in [4.78, 5) is 25.1. The van der Waals surface area contributed by atoms with E-state index in [1.807, 2.05) is 21.1 Å². The van der Waals surface area contributed by atoms with Crippen molar-refractivity contribution in [2.45, 2.75) is 213 Å². The van der Waals surface area contributed by atoms with Crippen LogP contribution in [0, 0.1) is 0 Å². The third kappa shape index (κ3) is 47.4. The van der Waals surface area contributed by atoms with E-state index in [0.717, 1.165) is 70.6 Å². The van der Waals surface area contributed by atoms with Gasteiger partial charge in [0.25, 0.3) is 7.82 Å². The van der Waals surface area contributed by atoms with Gasteiger partial charge >= 0.3 is 5.97 Å². The molecule has 0 aromatic rings. The first kappa shape index (κ1) is 57.5. The molecule has 0 aromatic heterocycles. The Bertz CT molecular complexity index is 1080. The van der Waals surface area contributed by atoms with E-state index in [9.17, 15) is 14.3 Å². The van der Waals surface area contributed by atoms with Gasteiger partial charge in [-0.1, -0.05) is 178 Å². The molecule has 0 fully saturated rings. The maximum absolute atomic E-state index is 12.7. The molecule has 0 N–H and O–H groups in total. The maximum atomic E-state index is 12.7. The van der Waals surface area contributed by atoms with Crippen molar-refractivity contribution in [2.75, 3.05) is 54.1 Å². The fourth-order valence-corrected chi connectivity index (χ4v) is 7.34. The molecule has 9 heteroatoms. The normalized spacial score (nSPS) is 14.1. The number of hydrogen-bond donors (Lipinski definition) is 0. The zero-order valence-corrected chi connectivity index (χ0v) is 40.1. The Kier molecular flexibility index (Phi) is 42.0. The molecule has 0 aliphatic rings. The number of quaternary nitrogens is 1. The fourth-order valence-electron chi connectivity index (χ4n) is 6.61. The molecule has 0 heterocycles. The lowest BCUT2D eigenvalue weighted by molar-refractivity contribution is -0.870. The predicted molar refractivity (Wildman–Crippen MR) is 250 cm³/mol. The predicted octanol–water partition coefficient (Wildman–Crippen LogP) is 14.1. The molecule has 346 valence electrons. The van der Waals surface area contributed by atoms with Crippen molar-refractivity contribution in [3.8, 4) is 0 Å². The molecule has 2 atom stereocenters. The molecule has 0 saturated carbocycles. The van der Waals surface area contributed by atoms with Crippen LogP contribution < -0.4 is 4.89 Å². The summed E-state index contributed by atoms with van der Waals surface area (Å²) in [6, 6.07) is 0. The van der Waals surface area contributed by atoms with Gasteiger partial charge in [0.2, 0.25) is 0 Å². The van der Waals surface area contributed by atoms with E-state index in [1.54, 1.807) is 0 Å². The highest BCUT2D eigenvalue weighted by atomic mass is 31.2. The lowest BCUT2D eigenvalue weighted by Gasteiger charge is -2.28. The molecule has 0 aliphatic heterocycles. The Hall–Kier alpha value is -1.54. The van der Waals surface area contributed by atoms with E-state index in [2.05, 4.69) is 62.5 Å². The summed E-state index contributed by atoms with van der Waals surface area (Å²) in [6.45, 7) is 5.29. The zero-order chi connectivity index (χ0) is 43.4. The van der Waals surface area contributed by atoms with Gasteiger partial charge in [0, 0.05) is 13.0 Å². The third-order valence-corrected chi connectivity index (χ3v) is 11.3. The molecule has 0 aliphatic carbocycles. The van der Waals surface area contributed by atoms with Gasteiger partial charge in [-0.25, -0.2) is 0 Å². The van der Waals surface area contributed by atoms with E-state index < -0.39 is 13.9 Å². The second-order valence-corrected chi connectivity index (χ2v) is 18.8. The summed E-state index contributed by atoms with van der Waals surface area (Å²) in [5, 5.41) is 0. The van der Waals surface area contributed by atoms with E-state index in [-0.39, 0.29) is 25.8 Å². The van der Waals surface area contributed by atoms with Crippen LogP contribution in [0.4, 0.5) is 0 Å². The lowest BCUT2D eigenvalue weighted by Crippen LogP contribution is -2.37. The number of hydrogen-bond acceptors (Lipinski definition) is 7. The van der Waals surface area contributed by atoms with Crippen LogP contribution in [0.1, 0.15) is 206 Å². The molecule has 8 nitrogen and oxygen atoms in total. The van der Waals surface area contributed by atoms with Crippen molar-refractivity contribution in [3.05, 3.63) is 48.6 Å². The van der Waals surface area contributed by atoms with Crippen molar-refractivity contribution < 1.29 is 37.3 Å². The molecule has 0 bridgehead atoms. The second-order valence-electron chi connectivity index (χ2n) is 17.4. The Morgan fingerprint density at radius 1 is 0.542 bits per heavy atom. The Morgan fingerprint density at radius 2 is 0.983 bits per heavy atom. The Labute approximate surface area is 365 Å². The van der Waals surface area contributed by atoms with E-state index in [0.29, 0.717) is 24.1 Å². The van der Waals surface area contributed by atoms with Crippen LogP contribution in [0.3, 0.4) is 0 Å². The summed E-state index contributed by atoms with van der Waals surface area (Å²) in [7, 11) is 1.34. The van der Waals surface area contributed by atoms with Gasteiger partial charge in [0.05, 0.1) is 34.4 Å². The molecule has 0 amide bonds. The standard InChI is InChI=1S/C50H94NO7P/c1-6-8-10-12-14-16-18-20-22-23-24-25-26-27-28-30-32-34-36-38-40-42-45-55-47-49(48-57-59(53,54)56-46-44-51(3,4)5)58-50(52)43-41-39-37-35-33-31-29-21-19-17-15-13-11-9-7-2/h9,11,15,17,21,23-24,29,49H,6-8,10,12-14,16,18-20,22,25-28,30-48H2,1-5H3/b11-9-,17-15-,24-23-,29-21-. The second kappa shape index (κ2) is 43.1. The van der Waals surface area contributed by atoms with Gasteiger partial charge in [-0.05, 0) is 70.6 Å². The summed E-state index contributed by atoms with van der Waals surface area (Å²) in [5.74, 6) is -0.351. The van der Waals surface area contributed by atoms with Gasteiger partial charge in [-0.15, -0.1) is 0 Å². The van der Waals surface area contributed by atoms with Crippen LogP contribution >= 0.6 is 7.82 Å². The van der Waals surface area contributed by atoms with Crippen LogP contribution in [0.5, 0.6) is 0 Å². The van der Waals surface area contributed by atoms with Gasteiger partial charge in [0.1, 0.15) is 19.3 Å². The van der Waals surface area contributed by atoms with Crippen molar-refractivity contribution in [2.24, 2.45) is 0 Å². The van der Waals surface area contributed by atoms with Crippen molar-refractivity contribution >= 4 is 13.8 Å². The van der Waals surface area contributed by atoms with Crippen LogP contribution in [0.2, 0.25) is 0 Å². The average molecular weight is 852 g/mol. The number of rotatable bonds is 45. The average Bonchev–Trinajstić information content (AvgIpc) is 3.19. The van der Waals surface area contributed by atoms with Gasteiger partial charge in [-0.2, -0.15) is 0 Å². The van der Waals surface area contributed by atoms with Crippen LogP contribution in [0.15, 0.2) is 48.6 Å². The highest BCUT2D eigenvalue weighted by Crippen LogP contribution is 2.38. The van der Waals surface area contributed by atoms with Gasteiger partial charge in [0.15, 0.2) is 0 Å². The van der Waals surface area contributed by atoms with Gasteiger partial charge < -0.3 is 27.9 Å². The first-order valence-corrected chi connectivity index (χ1v) is 25.8. The number of esters is 1. The summed E-state index contributed by atoms with van der Waals surface area (Å²) in [6.07, 6.45) is 52.8. The number of carbonyl (C=O) groups is 1. The monoisotopic (exact) mass is 852 g/mol. The summed E-state index contributed by atoms with van der Waals surface area (Å²) < 4.78 is 34.7. The minimum absolute atomic E-state index is 0.0212. The zero-order valence-electron chi connectivity index (χ0n) is 39.2. The summed E-state index contributed by atoms with van der Waals surface area (Å²) in [5.41, 5.74) is 0. The minimum atomic E-state index is -4.53.